The molecule has 0 spiro atoms. The first kappa shape index (κ1) is 22.9. The molecule has 0 radical (unpaired) electrons. The van der Waals surface area contributed by atoms with Gasteiger partial charge in [0.25, 0.3) is 0 Å². The maximum Gasteiger partial charge on any atom is 0.242 e. The molecule has 1 saturated heterocycles. The summed E-state index contributed by atoms with van der Waals surface area (Å²) in [6.45, 7) is 5.95. The first-order chi connectivity index (χ1) is 14.6. The molecule has 2 amide bonds. The zero-order valence-corrected chi connectivity index (χ0v) is 18.7. The normalized spacial score (nSPS) is 20.4. The molecule has 168 valence electrons. The molecule has 3 rings (SSSR count). The summed E-state index contributed by atoms with van der Waals surface area (Å²) in [6, 6.07) is 3.77. The molecule has 0 N–H and O–H groups in total. The third kappa shape index (κ3) is 6.59. The smallest absolute Gasteiger partial charge is 0.242 e. The van der Waals surface area contributed by atoms with E-state index in [9.17, 15) is 9.59 Å². The number of hydrogen-bond donors (Lipinski definition) is 0. The minimum atomic E-state index is -0.0311. The Labute approximate surface area is 180 Å². The minimum Gasteiger partial charge on any atom is -0.467 e. The number of amides is 2. The Morgan fingerprint density at radius 1 is 1.17 bits per heavy atom. The zero-order chi connectivity index (χ0) is 21.3. The van der Waals surface area contributed by atoms with Crippen molar-refractivity contribution in [2.24, 2.45) is 5.92 Å². The molecule has 2 aliphatic rings. The Balaban J connectivity index is 1.62. The lowest BCUT2D eigenvalue weighted by atomic mass is 10.0. The molecule has 1 saturated carbocycles. The van der Waals surface area contributed by atoms with Gasteiger partial charge in [0.1, 0.15) is 12.3 Å². The minimum absolute atomic E-state index is 0.0311. The summed E-state index contributed by atoms with van der Waals surface area (Å²) in [6.07, 6.45) is 11.1. The third-order valence-electron chi connectivity index (χ3n) is 6.72. The van der Waals surface area contributed by atoms with Gasteiger partial charge in [-0.05, 0) is 50.7 Å². The molecule has 6 nitrogen and oxygen atoms in total. The molecule has 1 aromatic heterocycles. The third-order valence-corrected chi connectivity index (χ3v) is 6.72. The van der Waals surface area contributed by atoms with Gasteiger partial charge in [0.05, 0.1) is 18.9 Å². The summed E-state index contributed by atoms with van der Waals surface area (Å²) < 4.78 is 11.2. The van der Waals surface area contributed by atoms with Crippen LogP contribution in [0.15, 0.2) is 22.8 Å². The molecule has 1 aliphatic carbocycles. The van der Waals surface area contributed by atoms with Crippen LogP contribution in [0.2, 0.25) is 0 Å². The van der Waals surface area contributed by atoms with Crippen molar-refractivity contribution in [1.82, 2.24) is 9.80 Å². The quantitative estimate of drug-likeness (QED) is 0.535. The lowest BCUT2D eigenvalue weighted by Crippen LogP contribution is -2.47. The fourth-order valence-electron chi connectivity index (χ4n) is 4.61. The van der Waals surface area contributed by atoms with Crippen LogP contribution in [0.25, 0.3) is 0 Å². The number of carbonyl (C=O) groups is 2. The molecule has 0 bridgehead atoms. The fraction of sp³-hybridized carbons (Fsp3) is 0.750. The molecule has 0 unspecified atom stereocenters. The second-order valence-corrected chi connectivity index (χ2v) is 8.96. The van der Waals surface area contributed by atoms with Gasteiger partial charge < -0.3 is 19.0 Å². The summed E-state index contributed by atoms with van der Waals surface area (Å²) in [7, 11) is 0. The van der Waals surface area contributed by atoms with Crippen LogP contribution in [-0.2, 0) is 20.9 Å². The highest BCUT2D eigenvalue weighted by atomic mass is 16.5. The van der Waals surface area contributed by atoms with Gasteiger partial charge >= 0.3 is 0 Å². The average Bonchev–Trinajstić information content (AvgIpc) is 3.52. The Morgan fingerprint density at radius 2 is 1.97 bits per heavy atom. The van der Waals surface area contributed by atoms with E-state index in [0.717, 1.165) is 38.1 Å². The van der Waals surface area contributed by atoms with E-state index >= 15 is 0 Å². The van der Waals surface area contributed by atoms with Crippen LogP contribution in [0.1, 0.15) is 77.4 Å². The standard InChI is InChI=1S/C24H38N2O4/c1-3-19(2)26(23(27)13-12-20-8-4-5-9-20)18-24(28)25(16-21-10-6-14-29-21)17-22-11-7-15-30-22/h6,10,14,19-20,22H,3-5,7-9,11-13,15-18H2,1-2H3/t19-,22+/m1/s1. The van der Waals surface area contributed by atoms with Crippen LogP contribution in [0.5, 0.6) is 0 Å². The van der Waals surface area contributed by atoms with Gasteiger partial charge in [0, 0.05) is 25.6 Å². The van der Waals surface area contributed by atoms with Crippen molar-refractivity contribution in [3.63, 3.8) is 0 Å². The Kier molecular flexibility index (Phi) is 8.79. The second-order valence-electron chi connectivity index (χ2n) is 8.96. The summed E-state index contributed by atoms with van der Waals surface area (Å²) in [4.78, 5) is 29.9. The molecule has 6 heteroatoms. The van der Waals surface area contributed by atoms with Crippen molar-refractivity contribution in [2.45, 2.75) is 90.3 Å². The number of ether oxygens (including phenoxy) is 1. The molecule has 1 aliphatic heterocycles. The molecule has 2 heterocycles. The average molecular weight is 419 g/mol. The summed E-state index contributed by atoms with van der Waals surface area (Å²) in [5.41, 5.74) is 0. The van der Waals surface area contributed by atoms with E-state index in [-0.39, 0.29) is 30.5 Å². The highest BCUT2D eigenvalue weighted by molar-refractivity contribution is 5.85. The van der Waals surface area contributed by atoms with Crippen molar-refractivity contribution in [3.05, 3.63) is 24.2 Å². The number of furan rings is 1. The van der Waals surface area contributed by atoms with Crippen molar-refractivity contribution < 1.29 is 18.7 Å². The van der Waals surface area contributed by atoms with E-state index in [1.165, 1.54) is 25.7 Å². The highest BCUT2D eigenvalue weighted by Crippen LogP contribution is 2.29. The van der Waals surface area contributed by atoms with Gasteiger partial charge in [-0.3, -0.25) is 9.59 Å². The molecule has 2 atom stereocenters. The van der Waals surface area contributed by atoms with Gasteiger partial charge in [-0.2, -0.15) is 0 Å². The Hall–Kier alpha value is -1.82. The van der Waals surface area contributed by atoms with Gasteiger partial charge in [-0.1, -0.05) is 32.6 Å². The van der Waals surface area contributed by atoms with Crippen molar-refractivity contribution in [3.8, 4) is 0 Å². The molecule has 2 fully saturated rings. The molecule has 30 heavy (non-hydrogen) atoms. The van der Waals surface area contributed by atoms with Crippen LogP contribution in [0.4, 0.5) is 0 Å². The lowest BCUT2D eigenvalue weighted by molar-refractivity contribution is -0.143. The van der Waals surface area contributed by atoms with E-state index in [1.54, 1.807) is 16.1 Å². The topological polar surface area (TPSA) is 63.0 Å². The largest absolute Gasteiger partial charge is 0.467 e. The van der Waals surface area contributed by atoms with Crippen LogP contribution >= 0.6 is 0 Å². The second kappa shape index (κ2) is 11.5. The molecule has 1 aromatic rings. The Bertz CT molecular complexity index is 648. The first-order valence-corrected chi connectivity index (χ1v) is 11.8. The fourth-order valence-corrected chi connectivity index (χ4v) is 4.61. The number of hydrogen-bond acceptors (Lipinski definition) is 4. The summed E-state index contributed by atoms with van der Waals surface area (Å²) >= 11 is 0. The van der Waals surface area contributed by atoms with Crippen LogP contribution in [0, 0.1) is 5.92 Å². The van der Waals surface area contributed by atoms with Crippen LogP contribution in [-0.4, -0.2) is 53.5 Å². The van der Waals surface area contributed by atoms with Crippen LogP contribution < -0.4 is 0 Å². The maximum atomic E-state index is 13.3. The van der Waals surface area contributed by atoms with E-state index in [2.05, 4.69) is 6.92 Å². The summed E-state index contributed by atoms with van der Waals surface area (Å²) in [5.74, 6) is 1.51. The van der Waals surface area contributed by atoms with E-state index in [1.807, 2.05) is 19.1 Å². The monoisotopic (exact) mass is 418 g/mol. The number of rotatable bonds is 11. The Morgan fingerprint density at radius 3 is 2.60 bits per heavy atom. The predicted molar refractivity (Wildman–Crippen MR) is 116 cm³/mol. The highest BCUT2D eigenvalue weighted by Gasteiger charge is 2.28. The molecule has 0 aromatic carbocycles. The van der Waals surface area contributed by atoms with Gasteiger partial charge in [0.2, 0.25) is 11.8 Å². The van der Waals surface area contributed by atoms with Crippen LogP contribution in [0.3, 0.4) is 0 Å². The van der Waals surface area contributed by atoms with E-state index in [0.29, 0.717) is 25.4 Å². The number of nitrogens with zero attached hydrogens (tertiary/aromatic N) is 2. The zero-order valence-electron chi connectivity index (χ0n) is 18.7. The first-order valence-electron chi connectivity index (χ1n) is 11.8. The van der Waals surface area contributed by atoms with E-state index in [4.69, 9.17) is 9.15 Å². The van der Waals surface area contributed by atoms with Crippen molar-refractivity contribution in [1.29, 1.82) is 0 Å². The van der Waals surface area contributed by atoms with Gasteiger partial charge in [-0.15, -0.1) is 0 Å². The lowest BCUT2D eigenvalue weighted by Gasteiger charge is -2.32. The van der Waals surface area contributed by atoms with Crippen molar-refractivity contribution in [2.75, 3.05) is 19.7 Å². The van der Waals surface area contributed by atoms with Gasteiger partial charge in [0.15, 0.2) is 0 Å². The summed E-state index contributed by atoms with van der Waals surface area (Å²) in [5, 5.41) is 0. The molecular weight excluding hydrogens is 380 g/mol. The van der Waals surface area contributed by atoms with E-state index < -0.39 is 0 Å². The number of carbonyl (C=O) groups excluding carboxylic acids is 2. The SMILES string of the molecule is CC[C@@H](C)N(CC(=O)N(Cc1ccco1)C[C@@H]1CCCO1)C(=O)CCC1CCCC1. The molecular formula is C24H38N2O4. The van der Waals surface area contributed by atoms with Crippen molar-refractivity contribution >= 4 is 11.8 Å². The predicted octanol–water partition coefficient (Wildman–Crippen LogP) is 4.38. The maximum absolute atomic E-state index is 13.3. The van der Waals surface area contributed by atoms with Gasteiger partial charge in [-0.25, -0.2) is 0 Å².